The second kappa shape index (κ2) is 9.71. The lowest BCUT2D eigenvalue weighted by Gasteiger charge is -2.14. The van der Waals surface area contributed by atoms with E-state index in [-0.39, 0.29) is 22.7 Å². The number of aryl methyl sites for hydroxylation is 1. The second-order valence-electron chi connectivity index (χ2n) is 6.31. The van der Waals surface area contributed by atoms with Gasteiger partial charge in [0.1, 0.15) is 5.75 Å². The third-order valence-corrected chi connectivity index (χ3v) is 4.51. The fourth-order valence-electron chi connectivity index (χ4n) is 2.70. The Kier molecular flexibility index (Phi) is 6.82. The zero-order chi connectivity index (χ0) is 21.5. The van der Waals surface area contributed by atoms with Crippen LogP contribution in [0.15, 0.2) is 65.3 Å². The molecule has 0 fully saturated rings. The van der Waals surface area contributed by atoms with Crippen LogP contribution in [0.1, 0.15) is 33.4 Å². The monoisotopic (exact) mass is 423 g/mol. The van der Waals surface area contributed by atoms with Gasteiger partial charge in [0.15, 0.2) is 10.9 Å². The van der Waals surface area contributed by atoms with Crippen LogP contribution < -0.4 is 20.7 Å². The van der Waals surface area contributed by atoms with Crippen LogP contribution in [0.3, 0.4) is 0 Å². The Morgan fingerprint density at radius 2 is 1.80 bits per heavy atom. The van der Waals surface area contributed by atoms with Gasteiger partial charge < -0.3 is 19.8 Å². The number of benzene rings is 2. The third kappa shape index (κ3) is 5.24. The van der Waals surface area contributed by atoms with Gasteiger partial charge in [0, 0.05) is 11.3 Å². The Labute approximate surface area is 179 Å². The first-order valence-corrected chi connectivity index (χ1v) is 9.65. The molecule has 0 spiro atoms. The highest BCUT2D eigenvalue weighted by Crippen LogP contribution is 2.28. The largest absolute Gasteiger partial charge is 0.495 e. The number of nitrogens with one attached hydrogen (secondary N) is 3. The van der Waals surface area contributed by atoms with Gasteiger partial charge in [-0.1, -0.05) is 19.1 Å². The van der Waals surface area contributed by atoms with Crippen molar-refractivity contribution in [1.29, 1.82) is 0 Å². The summed E-state index contributed by atoms with van der Waals surface area (Å²) in [6.07, 6.45) is 2.32. The maximum atomic E-state index is 12.4. The summed E-state index contributed by atoms with van der Waals surface area (Å²) in [5.41, 5.74) is 2.64. The Bertz CT molecular complexity index is 1050. The summed E-state index contributed by atoms with van der Waals surface area (Å²) in [7, 11) is 1.51. The normalized spacial score (nSPS) is 10.2. The van der Waals surface area contributed by atoms with Gasteiger partial charge in [0.25, 0.3) is 11.8 Å². The smallest absolute Gasteiger partial charge is 0.291 e. The van der Waals surface area contributed by atoms with Crippen LogP contribution in [-0.4, -0.2) is 24.0 Å². The van der Waals surface area contributed by atoms with Gasteiger partial charge in [-0.3, -0.25) is 14.9 Å². The topological polar surface area (TPSA) is 92.6 Å². The molecule has 0 aliphatic carbocycles. The van der Waals surface area contributed by atoms with Crippen molar-refractivity contribution >= 4 is 40.5 Å². The van der Waals surface area contributed by atoms with Gasteiger partial charge in [-0.25, -0.2) is 0 Å². The van der Waals surface area contributed by atoms with E-state index < -0.39 is 0 Å². The molecule has 1 heterocycles. The zero-order valence-corrected chi connectivity index (χ0v) is 17.3. The summed E-state index contributed by atoms with van der Waals surface area (Å²) in [4.78, 5) is 24.6. The quantitative estimate of drug-likeness (QED) is 0.514. The predicted molar refractivity (Wildman–Crippen MR) is 119 cm³/mol. The molecule has 1 aromatic heterocycles. The molecule has 0 radical (unpaired) electrons. The van der Waals surface area contributed by atoms with E-state index in [1.807, 2.05) is 19.1 Å². The molecule has 2 amide bonds. The van der Waals surface area contributed by atoms with Gasteiger partial charge in [0.2, 0.25) is 0 Å². The summed E-state index contributed by atoms with van der Waals surface area (Å²) in [5, 5.41) is 8.40. The molecule has 0 saturated heterocycles. The molecule has 7 nitrogen and oxygen atoms in total. The van der Waals surface area contributed by atoms with E-state index in [1.165, 1.54) is 13.4 Å². The number of anilines is 2. The molecule has 2 aromatic carbocycles. The van der Waals surface area contributed by atoms with Crippen molar-refractivity contribution in [2.45, 2.75) is 13.3 Å². The second-order valence-corrected chi connectivity index (χ2v) is 6.71. The molecule has 0 atom stereocenters. The van der Waals surface area contributed by atoms with E-state index in [0.717, 1.165) is 12.0 Å². The number of carbonyl (C=O) groups is 2. The molecule has 0 bridgehead atoms. The van der Waals surface area contributed by atoms with E-state index in [0.29, 0.717) is 22.7 Å². The minimum absolute atomic E-state index is 0.104. The van der Waals surface area contributed by atoms with Crippen LogP contribution in [-0.2, 0) is 6.42 Å². The van der Waals surface area contributed by atoms with Crippen molar-refractivity contribution in [3.63, 3.8) is 0 Å². The molecule has 30 heavy (non-hydrogen) atoms. The van der Waals surface area contributed by atoms with E-state index >= 15 is 0 Å². The molecule has 154 valence electrons. The first-order chi connectivity index (χ1) is 14.5. The summed E-state index contributed by atoms with van der Waals surface area (Å²) < 4.78 is 10.4. The van der Waals surface area contributed by atoms with Crippen LogP contribution in [0.4, 0.5) is 11.4 Å². The lowest BCUT2D eigenvalue weighted by Crippen LogP contribution is -2.34. The summed E-state index contributed by atoms with van der Waals surface area (Å²) in [6.45, 7) is 2.05. The summed E-state index contributed by atoms with van der Waals surface area (Å²) in [6, 6.07) is 15.5. The Balaban J connectivity index is 1.68. The van der Waals surface area contributed by atoms with E-state index in [1.54, 1.807) is 42.5 Å². The SMILES string of the molecule is CCc1ccc(C(=O)NC(=S)Nc2cc(NC(=O)c3ccco3)ccc2OC)cc1. The minimum atomic E-state index is -0.387. The lowest BCUT2D eigenvalue weighted by atomic mass is 10.1. The number of methoxy groups -OCH3 is 1. The van der Waals surface area contributed by atoms with Crippen LogP contribution in [0.25, 0.3) is 0 Å². The maximum Gasteiger partial charge on any atom is 0.291 e. The average Bonchev–Trinajstić information content (AvgIpc) is 3.29. The number of rotatable bonds is 6. The Morgan fingerprint density at radius 3 is 2.43 bits per heavy atom. The van der Waals surface area contributed by atoms with Gasteiger partial charge in [-0.2, -0.15) is 0 Å². The Hall–Kier alpha value is -3.65. The molecule has 0 aliphatic rings. The molecular formula is C22H21N3O4S. The van der Waals surface area contributed by atoms with Crippen molar-refractivity contribution in [2.75, 3.05) is 17.7 Å². The molecule has 3 rings (SSSR count). The van der Waals surface area contributed by atoms with E-state index in [2.05, 4.69) is 16.0 Å². The van der Waals surface area contributed by atoms with Crippen LogP contribution >= 0.6 is 12.2 Å². The first-order valence-electron chi connectivity index (χ1n) is 9.24. The number of amides is 2. The molecule has 8 heteroatoms. The highest BCUT2D eigenvalue weighted by molar-refractivity contribution is 7.80. The van der Waals surface area contributed by atoms with Gasteiger partial charge >= 0.3 is 0 Å². The predicted octanol–water partition coefficient (Wildman–Crippen LogP) is 4.23. The summed E-state index contributed by atoms with van der Waals surface area (Å²) in [5.74, 6) is -0.0222. The number of carbonyl (C=O) groups excluding carboxylic acids is 2. The minimum Gasteiger partial charge on any atom is -0.495 e. The molecule has 0 unspecified atom stereocenters. The number of furan rings is 1. The van der Waals surface area contributed by atoms with Gasteiger partial charge in [-0.15, -0.1) is 0 Å². The number of ether oxygens (including phenoxy) is 1. The van der Waals surface area contributed by atoms with Crippen LogP contribution in [0.2, 0.25) is 0 Å². The molecular weight excluding hydrogens is 402 g/mol. The fraction of sp³-hybridized carbons (Fsp3) is 0.136. The van der Waals surface area contributed by atoms with Crippen LogP contribution in [0, 0.1) is 0 Å². The molecule has 0 aliphatic heterocycles. The maximum absolute atomic E-state index is 12.4. The van der Waals surface area contributed by atoms with Crippen molar-refractivity contribution in [2.24, 2.45) is 0 Å². The number of thiocarbonyl (C=S) groups is 1. The van der Waals surface area contributed by atoms with Crippen molar-refractivity contribution in [1.82, 2.24) is 5.32 Å². The number of hydrogen-bond acceptors (Lipinski definition) is 5. The molecule has 3 N–H and O–H groups in total. The number of hydrogen-bond donors (Lipinski definition) is 3. The first kappa shape index (κ1) is 21.1. The standard InChI is InChI=1S/C22H21N3O4S/c1-3-14-6-8-15(9-7-14)20(26)25-22(30)24-17-13-16(10-11-18(17)28-2)23-21(27)19-5-4-12-29-19/h4-13H,3H2,1-2H3,(H,23,27)(H2,24,25,26,30). The van der Waals surface area contributed by atoms with Crippen LogP contribution in [0.5, 0.6) is 5.75 Å². The molecule has 3 aromatic rings. The molecule has 0 saturated carbocycles. The highest BCUT2D eigenvalue weighted by Gasteiger charge is 2.13. The van der Waals surface area contributed by atoms with E-state index in [9.17, 15) is 9.59 Å². The van der Waals surface area contributed by atoms with Gasteiger partial charge in [-0.05, 0) is 66.7 Å². The third-order valence-electron chi connectivity index (χ3n) is 4.30. The zero-order valence-electron chi connectivity index (χ0n) is 16.5. The summed E-state index contributed by atoms with van der Waals surface area (Å²) >= 11 is 5.26. The van der Waals surface area contributed by atoms with Gasteiger partial charge in [0.05, 0.1) is 19.1 Å². The Morgan fingerprint density at radius 1 is 1.03 bits per heavy atom. The fourth-order valence-corrected chi connectivity index (χ4v) is 2.91. The van der Waals surface area contributed by atoms with Crippen molar-refractivity contribution < 1.29 is 18.7 Å². The lowest BCUT2D eigenvalue weighted by molar-refractivity contribution is 0.0975. The average molecular weight is 423 g/mol. The van der Waals surface area contributed by atoms with Crippen molar-refractivity contribution in [3.8, 4) is 5.75 Å². The highest BCUT2D eigenvalue weighted by atomic mass is 32.1. The van der Waals surface area contributed by atoms with Crippen molar-refractivity contribution in [3.05, 3.63) is 77.7 Å². The van der Waals surface area contributed by atoms with E-state index in [4.69, 9.17) is 21.4 Å².